The highest BCUT2D eigenvalue weighted by molar-refractivity contribution is 6.30. The first kappa shape index (κ1) is 15.6. The van der Waals surface area contributed by atoms with Crippen LogP contribution in [0.4, 0.5) is 0 Å². The van der Waals surface area contributed by atoms with E-state index in [1.807, 2.05) is 25.1 Å². The molecule has 0 aliphatic rings. The lowest BCUT2D eigenvalue weighted by Crippen LogP contribution is -2.29. The van der Waals surface area contributed by atoms with Crippen LogP contribution in [0.2, 0.25) is 0 Å². The summed E-state index contributed by atoms with van der Waals surface area (Å²) in [6, 6.07) is 5.59. The minimum absolute atomic E-state index is 0.188. The molecule has 0 radical (unpaired) electrons. The van der Waals surface area contributed by atoms with Gasteiger partial charge in [-0.05, 0) is 31.0 Å². The van der Waals surface area contributed by atoms with E-state index in [9.17, 15) is 4.79 Å². The summed E-state index contributed by atoms with van der Waals surface area (Å²) in [4.78, 5) is 11.4. The SMILES string of the molecule is CCCOc1ccc(CNC(=O)C(C)Cl)cc1OC. The summed E-state index contributed by atoms with van der Waals surface area (Å²) >= 11 is 5.68. The van der Waals surface area contributed by atoms with Gasteiger partial charge < -0.3 is 14.8 Å². The Labute approximate surface area is 119 Å². The maximum Gasteiger partial charge on any atom is 0.238 e. The highest BCUT2D eigenvalue weighted by atomic mass is 35.5. The average Bonchev–Trinajstić information content (AvgIpc) is 2.42. The van der Waals surface area contributed by atoms with Crippen molar-refractivity contribution < 1.29 is 14.3 Å². The molecule has 4 nitrogen and oxygen atoms in total. The van der Waals surface area contributed by atoms with Gasteiger partial charge in [-0.3, -0.25) is 4.79 Å². The first-order chi connectivity index (χ1) is 9.08. The Morgan fingerprint density at radius 1 is 1.42 bits per heavy atom. The lowest BCUT2D eigenvalue weighted by atomic mass is 10.2. The number of amides is 1. The van der Waals surface area contributed by atoms with Gasteiger partial charge in [-0.25, -0.2) is 0 Å². The van der Waals surface area contributed by atoms with Crippen LogP contribution in [0, 0.1) is 0 Å². The summed E-state index contributed by atoms with van der Waals surface area (Å²) in [5.41, 5.74) is 0.936. The third kappa shape index (κ3) is 4.99. The Kier molecular flexibility index (Phi) is 6.50. The van der Waals surface area contributed by atoms with Crippen LogP contribution in [0.5, 0.6) is 11.5 Å². The van der Waals surface area contributed by atoms with E-state index in [0.717, 1.165) is 12.0 Å². The maximum atomic E-state index is 11.4. The van der Waals surface area contributed by atoms with Gasteiger partial charge in [0.2, 0.25) is 5.91 Å². The van der Waals surface area contributed by atoms with Crippen molar-refractivity contribution in [2.24, 2.45) is 0 Å². The Bertz CT molecular complexity index is 421. The summed E-state index contributed by atoms with van der Waals surface area (Å²) in [7, 11) is 1.59. The molecule has 1 amide bonds. The standard InChI is InChI=1S/C14H20ClNO3/c1-4-7-19-12-6-5-11(8-13(12)18-3)9-16-14(17)10(2)15/h5-6,8,10H,4,7,9H2,1-3H3,(H,16,17). The highest BCUT2D eigenvalue weighted by Gasteiger charge is 2.10. The van der Waals surface area contributed by atoms with Gasteiger partial charge >= 0.3 is 0 Å². The van der Waals surface area contributed by atoms with Gasteiger partial charge in [-0.1, -0.05) is 13.0 Å². The smallest absolute Gasteiger partial charge is 0.238 e. The molecule has 0 spiro atoms. The molecule has 1 aromatic rings. The van der Waals surface area contributed by atoms with Crippen LogP contribution in [0.3, 0.4) is 0 Å². The zero-order valence-corrected chi connectivity index (χ0v) is 12.3. The van der Waals surface area contributed by atoms with Crippen LogP contribution < -0.4 is 14.8 Å². The molecule has 0 bridgehead atoms. The largest absolute Gasteiger partial charge is 0.493 e. The van der Waals surface area contributed by atoms with Crippen molar-refractivity contribution in [1.82, 2.24) is 5.32 Å². The van der Waals surface area contributed by atoms with Crippen LogP contribution in [0.15, 0.2) is 18.2 Å². The quantitative estimate of drug-likeness (QED) is 0.784. The molecule has 0 aliphatic carbocycles. The van der Waals surface area contributed by atoms with E-state index in [-0.39, 0.29) is 5.91 Å². The van der Waals surface area contributed by atoms with Gasteiger partial charge in [0.1, 0.15) is 5.38 Å². The summed E-state index contributed by atoms with van der Waals surface area (Å²) in [6.45, 7) is 4.75. The molecule has 0 heterocycles. The fourth-order valence-corrected chi connectivity index (χ4v) is 1.56. The van der Waals surface area contributed by atoms with E-state index >= 15 is 0 Å². The number of carbonyl (C=O) groups is 1. The van der Waals surface area contributed by atoms with Crippen molar-refractivity contribution in [3.05, 3.63) is 23.8 Å². The molecule has 1 N–H and O–H groups in total. The molecule has 0 aromatic heterocycles. The van der Waals surface area contributed by atoms with E-state index < -0.39 is 5.38 Å². The summed E-state index contributed by atoms with van der Waals surface area (Å²) in [6.07, 6.45) is 0.939. The number of halogens is 1. The molecular weight excluding hydrogens is 266 g/mol. The van der Waals surface area contributed by atoms with Crippen molar-refractivity contribution in [3.63, 3.8) is 0 Å². The van der Waals surface area contributed by atoms with E-state index in [0.29, 0.717) is 24.7 Å². The third-order valence-corrected chi connectivity index (χ3v) is 2.72. The Hall–Kier alpha value is -1.42. The molecule has 5 heteroatoms. The molecular formula is C14H20ClNO3. The van der Waals surface area contributed by atoms with Gasteiger partial charge in [0.05, 0.1) is 13.7 Å². The highest BCUT2D eigenvalue weighted by Crippen LogP contribution is 2.28. The molecule has 19 heavy (non-hydrogen) atoms. The number of benzene rings is 1. The number of rotatable bonds is 7. The van der Waals surface area contributed by atoms with Gasteiger partial charge in [0, 0.05) is 6.54 Å². The minimum atomic E-state index is -0.533. The summed E-state index contributed by atoms with van der Waals surface area (Å²) in [5.74, 6) is 1.19. The molecule has 0 aliphatic heterocycles. The van der Waals surface area contributed by atoms with Crippen molar-refractivity contribution in [1.29, 1.82) is 0 Å². The van der Waals surface area contributed by atoms with Crippen molar-refractivity contribution in [2.45, 2.75) is 32.2 Å². The van der Waals surface area contributed by atoms with Crippen LogP contribution >= 0.6 is 11.6 Å². The first-order valence-electron chi connectivity index (χ1n) is 6.30. The Morgan fingerprint density at radius 2 is 2.16 bits per heavy atom. The van der Waals surface area contributed by atoms with Gasteiger partial charge in [0.25, 0.3) is 0 Å². The van der Waals surface area contributed by atoms with E-state index in [2.05, 4.69) is 5.32 Å². The lowest BCUT2D eigenvalue weighted by molar-refractivity contribution is -0.120. The molecule has 0 saturated carbocycles. The second-order valence-corrected chi connectivity index (χ2v) is 4.82. The maximum absolute atomic E-state index is 11.4. The molecule has 0 fully saturated rings. The number of hydrogen-bond donors (Lipinski definition) is 1. The molecule has 1 atom stereocenters. The van der Waals surface area contributed by atoms with Crippen molar-refractivity contribution in [2.75, 3.05) is 13.7 Å². The fraction of sp³-hybridized carbons (Fsp3) is 0.500. The summed E-state index contributed by atoms with van der Waals surface area (Å²) < 4.78 is 10.8. The molecule has 1 aromatic carbocycles. The van der Waals surface area contributed by atoms with E-state index in [1.54, 1.807) is 14.0 Å². The van der Waals surface area contributed by atoms with Gasteiger partial charge in [-0.2, -0.15) is 0 Å². The number of ether oxygens (including phenoxy) is 2. The predicted molar refractivity (Wildman–Crippen MR) is 75.9 cm³/mol. The van der Waals surface area contributed by atoms with Gasteiger partial charge in [0.15, 0.2) is 11.5 Å². The third-order valence-electron chi connectivity index (χ3n) is 2.52. The topological polar surface area (TPSA) is 47.6 Å². The number of nitrogens with one attached hydrogen (secondary N) is 1. The predicted octanol–water partition coefficient (Wildman–Crippen LogP) is 2.73. The van der Waals surface area contributed by atoms with Crippen molar-refractivity contribution in [3.8, 4) is 11.5 Å². The second-order valence-electron chi connectivity index (χ2n) is 4.17. The van der Waals surface area contributed by atoms with Crippen LogP contribution in [0.25, 0.3) is 0 Å². The first-order valence-corrected chi connectivity index (χ1v) is 6.73. The van der Waals surface area contributed by atoms with Crippen LogP contribution in [-0.4, -0.2) is 25.0 Å². The zero-order valence-electron chi connectivity index (χ0n) is 11.5. The van der Waals surface area contributed by atoms with Crippen LogP contribution in [-0.2, 0) is 11.3 Å². The summed E-state index contributed by atoms with van der Waals surface area (Å²) in [5, 5.41) is 2.21. The van der Waals surface area contributed by atoms with E-state index in [4.69, 9.17) is 21.1 Å². The Morgan fingerprint density at radius 3 is 2.74 bits per heavy atom. The average molecular weight is 286 g/mol. The second kappa shape index (κ2) is 7.89. The van der Waals surface area contributed by atoms with Crippen molar-refractivity contribution >= 4 is 17.5 Å². The monoisotopic (exact) mass is 285 g/mol. The molecule has 1 rings (SSSR count). The molecule has 106 valence electrons. The Balaban J connectivity index is 2.68. The number of hydrogen-bond acceptors (Lipinski definition) is 3. The minimum Gasteiger partial charge on any atom is -0.493 e. The van der Waals surface area contributed by atoms with Gasteiger partial charge in [-0.15, -0.1) is 11.6 Å². The normalized spacial score (nSPS) is 11.8. The van der Waals surface area contributed by atoms with Crippen LogP contribution in [0.1, 0.15) is 25.8 Å². The lowest BCUT2D eigenvalue weighted by Gasteiger charge is -2.12. The number of methoxy groups -OCH3 is 1. The zero-order chi connectivity index (χ0) is 14.3. The number of carbonyl (C=O) groups excluding carboxylic acids is 1. The van der Waals surface area contributed by atoms with E-state index in [1.165, 1.54) is 0 Å². The molecule has 1 unspecified atom stereocenters. The fourth-order valence-electron chi connectivity index (χ4n) is 1.48. The number of alkyl halides is 1. The molecule has 0 saturated heterocycles.